The van der Waals surface area contributed by atoms with Crippen molar-refractivity contribution in [3.63, 3.8) is 0 Å². The fourth-order valence-electron chi connectivity index (χ4n) is 5.31. The third-order valence-electron chi connectivity index (χ3n) is 7.32. The third-order valence-corrected chi connectivity index (χ3v) is 8.50. The SMILES string of the molecule is CS(=O)(=O)N(CCN1CCCC1)c1cc2oc(-c3ccc(F)cc3)c(C3=NCCON3)c2cc1C1CC1. The number of hydrogen-bond acceptors (Lipinski definition) is 7. The molecule has 8 nitrogen and oxygen atoms in total. The van der Waals surface area contributed by atoms with E-state index in [1.165, 1.54) is 22.7 Å². The lowest BCUT2D eigenvalue weighted by atomic mass is 10.00. The van der Waals surface area contributed by atoms with Crippen molar-refractivity contribution in [3.8, 4) is 11.3 Å². The second kappa shape index (κ2) is 9.74. The Morgan fingerprint density at radius 3 is 2.57 bits per heavy atom. The lowest BCUT2D eigenvalue weighted by Crippen LogP contribution is -2.38. The summed E-state index contributed by atoms with van der Waals surface area (Å²) in [7, 11) is -3.52. The van der Waals surface area contributed by atoms with Gasteiger partial charge >= 0.3 is 0 Å². The molecule has 2 aliphatic heterocycles. The maximum atomic E-state index is 13.7. The Morgan fingerprint density at radius 2 is 1.92 bits per heavy atom. The summed E-state index contributed by atoms with van der Waals surface area (Å²) >= 11 is 0. The Hall–Kier alpha value is -2.95. The van der Waals surface area contributed by atoms with Gasteiger partial charge in [0, 0.05) is 30.1 Å². The van der Waals surface area contributed by atoms with E-state index in [1.54, 1.807) is 12.1 Å². The standard InChI is InChI=1S/C27H31FN4O4S/c1-37(33,34)32(14-13-31-11-2-3-12-31)23-17-24-22(16-21(23)18-4-5-18)25(27-29-10-15-35-30-27)26(36-24)19-6-8-20(28)9-7-19/h6-9,16-18H,2-5,10-15H2,1H3,(H,29,30). The molecule has 196 valence electrons. The molecule has 1 saturated heterocycles. The first-order chi connectivity index (χ1) is 17.9. The summed E-state index contributed by atoms with van der Waals surface area (Å²) in [4.78, 5) is 12.4. The van der Waals surface area contributed by atoms with Crippen LogP contribution in [0.15, 0.2) is 45.8 Å². The highest BCUT2D eigenvalue weighted by Gasteiger charge is 2.33. The van der Waals surface area contributed by atoms with E-state index in [9.17, 15) is 12.8 Å². The van der Waals surface area contributed by atoms with Crippen LogP contribution in [0.4, 0.5) is 10.1 Å². The largest absolute Gasteiger partial charge is 0.455 e. The van der Waals surface area contributed by atoms with Gasteiger partial charge in [-0.15, -0.1) is 0 Å². The molecule has 1 saturated carbocycles. The Balaban J connectivity index is 1.51. The van der Waals surface area contributed by atoms with Crippen molar-refractivity contribution in [2.24, 2.45) is 4.99 Å². The lowest BCUT2D eigenvalue weighted by Gasteiger charge is -2.27. The van der Waals surface area contributed by atoms with Crippen molar-refractivity contribution >= 4 is 32.5 Å². The normalized spacial score (nSPS) is 18.7. The Morgan fingerprint density at radius 1 is 1.16 bits per heavy atom. The van der Waals surface area contributed by atoms with Crippen molar-refractivity contribution in [2.75, 3.05) is 49.9 Å². The van der Waals surface area contributed by atoms with Gasteiger partial charge in [0.1, 0.15) is 17.2 Å². The first-order valence-corrected chi connectivity index (χ1v) is 14.7. The highest BCUT2D eigenvalue weighted by Crippen LogP contribution is 2.48. The molecule has 3 aromatic rings. The topological polar surface area (TPSA) is 87.4 Å². The van der Waals surface area contributed by atoms with Crippen LogP contribution in [-0.2, 0) is 14.9 Å². The highest BCUT2D eigenvalue weighted by atomic mass is 32.2. The highest BCUT2D eigenvalue weighted by molar-refractivity contribution is 7.92. The number of hydrogen-bond donors (Lipinski definition) is 1. The Labute approximate surface area is 216 Å². The monoisotopic (exact) mass is 526 g/mol. The van der Waals surface area contributed by atoms with Crippen molar-refractivity contribution in [1.29, 1.82) is 0 Å². The van der Waals surface area contributed by atoms with Gasteiger partial charge in [-0.1, -0.05) is 0 Å². The second-order valence-electron chi connectivity index (χ2n) is 10.1. The number of likely N-dealkylation sites (tertiary alicyclic amines) is 1. The van der Waals surface area contributed by atoms with Crippen LogP contribution in [0.25, 0.3) is 22.3 Å². The molecule has 6 rings (SSSR count). The first-order valence-electron chi connectivity index (χ1n) is 12.9. The predicted octanol–water partition coefficient (Wildman–Crippen LogP) is 4.26. The van der Waals surface area contributed by atoms with Gasteiger partial charge in [-0.05, 0) is 80.6 Å². The smallest absolute Gasteiger partial charge is 0.232 e. The number of hydroxylamine groups is 1. The number of nitrogens with zero attached hydrogens (tertiary/aromatic N) is 3. The molecule has 0 radical (unpaired) electrons. The van der Waals surface area contributed by atoms with Gasteiger partial charge in [0.25, 0.3) is 0 Å². The molecule has 0 spiro atoms. The maximum Gasteiger partial charge on any atom is 0.232 e. The average molecular weight is 527 g/mol. The number of aliphatic imine (C=N–C) groups is 1. The minimum atomic E-state index is -3.52. The minimum absolute atomic E-state index is 0.296. The average Bonchev–Trinajstić information content (AvgIpc) is 3.46. The van der Waals surface area contributed by atoms with E-state index in [0.29, 0.717) is 60.6 Å². The molecule has 3 heterocycles. The number of halogens is 1. The summed E-state index contributed by atoms with van der Waals surface area (Å²) < 4.78 is 47.7. The zero-order chi connectivity index (χ0) is 25.6. The number of furan rings is 1. The van der Waals surface area contributed by atoms with E-state index in [0.717, 1.165) is 55.3 Å². The van der Waals surface area contributed by atoms with E-state index in [2.05, 4.69) is 21.4 Å². The summed E-state index contributed by atoms with van der Waals surface area (Å²) in [5.74, 6) is 1.05. The second-order valence-corrected chi connectivity index (χ2v) is 12.0. The van der Waals surface area contributed by atoms with Crippen LogP contribution in [0.1, 0.15) is 42.7 Å². The third kappa shape index (κ3) is 4.97. The number of fused-ring (bicyclic) bond motifs is 1. The maximum absolute atomic E-state index is 13.7. The molecule has 1 N–H and O–H groups in total. The molecule has 2 fully saturated rings. The molecule has 1 aromatic heterocycles. The molecular formula is C27H31FN4O4S. The van der Waals surface area contributed by atoms with Crippen LogP contribution in [-0.4, -0.2) is 64.7 Å². The Bertz CT molecular complexity index is 1440. The predicted molar refractivity (Wildman–Crippen MR) is 142 cm³/mol. The number of benzene rings is 2. The van der Waals surface area contributed by atoms with Crippen LogP contribution in [0, 0.1) is 5.82 Å². The molecule has 0 bridgehead atoms. The number of anilines is 1. The zero-order valence-electron chi connectivity index (χ0n) is 20.9. The molecule has 0 unspecified atom stereocenters. The molecule has 0 amide bonds. The quantitative estimate of drug-likeness (QED) is 0.472. The Kier molecular flexibility index (Phi) is 6.42. The summed E-state index contributed by atoms with van der Waals surface area (Å²) in [5.41, 5.74) is 6.59. The fraction of sp³-hybridized carbons (Fsp3) is 0.444. The van der Waals surface area contributed by atoms with Gasteiger partial charge in [0.2, 0.25) is 10.0 Å². The number of rotatable bonds is 8. The van der Waals surface area contributed by atoms with Crippen molar-refractivity contribution in [3.05, 3.63) is 53.3 Å². The fourth-order valence-corrected chi connectivity index (χ4v) is 6.24. The number of nitrogens with one attached hydrogen (secondary N) is 1. The van der Waals surface area contributed by atoms with Gasteiger partial charge in [0.15, 0.2) is 5.84 Å². The van der Waals surface area contributed by atoms with E-state index in [-0.39, 0.29) is 5.82 Å². The van der Waals surface area contributed by atoms with Crippen molar-refractivity contribution in [1.82, 2.24) is 10.4 Å². The molecular weight excluding hydrogens is 495 g/mol. The van der Waals surface area contributed by atoms with E-state index < -0.39 is 10.0 Å². The van der Waals surface area contributed by atoms with Crippen LogP contribution in [0.2, 0.25) is 0 Å². The molecule has 3 aliphatic rings. The van der Waals surface area contributed by atoms with Crippen LogP contribution in [0.5, 0.6) is 0 Å². The van der Waals surface area contributed by atoms with Gasteiger partial charge in [-0.3, -0.25) is 14.1 Å². The summed E-state index contributed by atoms with van der Waals surface area (Å²) in [5, 5.41) is 0.828. The molecule has 0 atom stereocenters. The number of sulfonamides is 1. The van der Waals surface area contributed by atoms with Crippen LogP contribution >= 0.6 is 0 Å². The van der Waals surface area contributed by atoms with E-state index in [1.807, 2.05) is 6.07 Å². The molecule has 1 aliphatic carbocycles. The van der Waals surface area contributed by atoms with Gasteiger partial charge in [-0.2, -0.15) is 0 Å². The van der Waals surface area contributed by atoms with Gasteiger partial charge < -0.3 is 9.32 Å². The summed E-state index contributed by atoms with van der Waals surface area (Å²) in [6, 6.07) is 10.0. The minimum Gasteiger partial charge on any atom is -0.455 e. The first kappa shape index (κ1) is 24.4. The van der Waals surface area contributed by atoms with E-state index >= 15 is 0 Å². The summed E-state index contributed by atoms with van der Waals surface area (Å²) in [6.45, 7) is 4.06. The van der Waals surface area contributed by atoms with Gasteiger partial charge in [-0.25, -0.2) is 18.3 Å². The zero-order valence-corrected chi connectivity index (χ0v) is 21.7. The molecule has 2 aromatic carbocycles. The summed E-state index contributed by atoms with van der Waals surface area (Å²) in [6.07, 6.45) is 5.61. The number of amidine groups is 1. The van der Waals surface area contributed by atoms with Crippen LogP contribution in [0.3, 0.4) is 0 Å². The van der Waals surface area contributed by atoms with Crippen molar-refractivity contribution in [2.45, 2.75) is 31.6 Å². The molecule has 37 heavy (non-hydrogen) atoms. The van der Waals surface area contributed by atoms with E-state index in [4.69, 9.17) is 9.25 Å². The van der Waals surface area contributed by atoms with Gasteiger partial charge in [0.05, 0.1) is 30.7 Å². The lowest BCUT2D eigenvalue weighted by molar-refractivity contribution is 0.0827. The van der Waals surface area contributed by atoms with Crippen molar-refractivity contribution < 1.29 is 22.1 Å². The van der Waals surface area contributed by atoms with Crippen LogP contribution < -0.4 is 9.79 Å². The molecule has 10 heteroatoms.